The smallest absolute Gasteiger partial charge is 0.231 e. The molecule has 0 amide bonds. The molecule has 2 aliphatic rings. The van der Waals surface area contributed by atoms with Gasteiger partial charge in [-0.2, -0.15) is 0 Å². The molecule has 0 spiro atoms. The Morgan fingerprint density at radius 2 is 2.19 bits per heavy atom. The highest BCUT2D eigenvalue weighted by Crippen LogP contribution is 2.43. The van der Waals surface area contributed by atoms with Crippen molar-refractivity contribution >= 4 is 0 Å². The molecule has 1 aromatic rings. The van der Waals surface area contributed by atoms with Gasteiger partial charge in [0, 0.05) is 6.04 Å². The summed E-state index contributed by atoms with van der Waals surface area (Å²) in [7, 11) is 0. The molecule has 16 heavy (non-hydrogen) atoms. The standard InChI is InChI=1S/C12H15NO3/c14-10-5-8(9-3-1-2-4-13-9)6-11-12(10)16-7-15-11/h5-6,9,13-14H,1-4,7H2. The first kappa shape index (κ1) is 9.78. The van der Waals surface area contributed by atoms with E-state index in [1.54, 1.807) is 6.07 Å². The summed E-state index contributed by atoms with van der Waals surface area (Å²) in [4.78, 5) is 0. The SMILES string of the molecule is Oc1cc(C2CCCCN2)cc2c1OCO2. The summed E-state index contributed by atoms with van der Waals surface area (Å²) in [5, 5.41) is 13.3. The molecular weight excluding hydrogens is 206 g/mol. The van der Waals surface area contributed by atoms with Gasteiger partial charge in [-0.05, 0) is 37.1 Å². The number of ether oxygens (including phenoxy) is 2. The number of benzene rings is 1. The highest BCUT2D eigenvalue weighted by Gasteiger charge is 2.22. The molecular formula is C12H15NO3. The maximum Gasteiger partial charge on any atom is 0.231 e. The van der Waals surface area contributed by atoms with Gasteiger partial charge in [0.25, 0.3) is 0 Å². The van der Waals surface area contributed by atoms with E-state index < -0.39 is 0 Å². The lowest BCUT2D eigenvalue weighted by molar-refractivity contribution is 0.171. The number of hydrogen-bond donors (Lipinski definition) is 2. The van der Waals surface area contributed by atoms with Crippen molar-refractivity contribution in [2.24, 2.45) is 0 Å². The highest BCUT2D eigenvalue weighted by atomic mass is 16.7. The maximum absolute atomic E-state index is 9.81. The minimum Gasteiger partial charge on any atom is -0.504 e. The second-order valence-corrected chi connectivity index (χ2v) is 4.28. The van der Waals surface area contributed by atoms with Crippen LogP contribution in [0.2, 0.25) is 0 Å². The van der Waals surface area contributed by atoms with Crippen molar-refractivity contribution in [3.05, 3.63) is 17.7 Å². The van der Waals surface area contributed by atoms with Gasteiger partial charge in [-0.25, -0.2) is 0 Å². The highest BCUT2D eigenvalue weighted by molar-refractivity contribution is 5.54. The summed E-state index contributed by atoms with van der Waals surface area (Å²) in [5.41, 5.74) is 1.08. The third kappa shape index (κ3) is 1.59. The monoisotopic (exact) mass is 221 g/mol. The lowest BCUT2D eigenvalue weighted by Gasteiger charge is -2.24. The number of rotatable bonds is 1. The fourth-order valence-corrected chi connectivity index (χ4v) is 2.35. The minimum absolute atomic E-state index is 0.178. The van der Waals surface area contributed by atoms with E-state index in [-0.39, 0.29) is 12.5 Å². The largest absolute Gasteiger partial charge is 0.504 e. The van der Waals surface area contributed by atoms with Crippen LogP contribution in [0.15, 0.2) is 12.1 Å². The third-order valence-electron chi connectivity index (χ3n) is 3.19. The summed E-state index contributed by atoms with van der Waals surface area (Å²) in [6.45, 7) is 1.24. The molecule has 0 radical (unpaired) electrons. The Bertz CT molecular complexity index is 399. The van der Waals surface area contributed by atoms with Gasteiger partial charge in [0.1, 0.15) is 0 Å². The molecule has 0 aliphatic carbocycles. The van der Waals surface area contributed by atoms with E-state index in [2.05, 4.69) is 5.32 Å². The van der Waals surface area contributed by atoms with Crippen molar-refractivity contribution in [3.63, 3.8) is 0 Å². The topological polar surface area (TPSA) is 50.7 Å². The van der Waals surface area contributed by atoms with Gasteiger partial charge >= 0.3 is 0 Å². The molecule has 2 N–H and O–H groups in total. The third-order valence-corrected chi connectivity index (χ3v) is 3.19. The van der Waals surface area contributed by atoms with Crippen LogP contribution in [0, 0.1) is 0 Å². The Hall–Kier alpha value is -1.42. The van der Waals surface area contributed by atoms with Crippen molar-refractivity contribution in [1.29, 1.82) is 0 Å². The van der Waals surface area contributed by atoms with E-state index >= 15 is 0 Å². The quantitative estimate of drug-likeness (QED) is 0.761. The van der Waals surface area contributed by atoms with Crippen molar-refractivity contribution in [3.8, 4) is 17.2 Å². The van der Waals surface area contributed by atoms with E-state index in [0.29, 0.717) is 17.5 Å². The molecule has 1 saturated heterocycles. The second kappa shape index (κ2) is 3.87. The van der Waals surface area contributed by atoms with Crippen LogP contribution in [0.5, 0.6) is 17.2 Å². The molecule has 1 fully saturated rings. The predicted octanol–water partition coefficient (Wildman–Crippen LogP) is 1.94. The number of aromatic hydroxyl groups is 1. The van der Waals surface area contributed by atoms with Crippen molar-refractivity contribution < 1.29 is 14.6 Å². The van der Waals surface area contributed by atoms with Crippen LogP contribution in [0.1, 0.15) is 30.9 Å². The fourth-order valence-electron chi connectivity index (χ4n) is 2.35. The molecule has 0 aromatic heterocycles. The Kier molecular flexibility index (Phi) is 2.36. The Morgan fingerprint density at radius 3 is 3.00 bits per heavy atom. The first-order valence-electron chi connectivity index (χ1n) is 5.70. The van der Waals surface area contributed by atoms with E-state index in [0.717, 1.165) is 18.5 Å². The van der Waals surface area contributed by atoms with E-state index in [1.807, 2.05) is 6.07 Å². The molecule has 4 nitrogen and oxygen atoms in total. The van der Waals surface area contributed by atoms with Gasteiger partial charge in [-0.3, -0.25) is 0 Å². The molecule has 0 saturated carbocycles. The maximum atomic E-state index is 9.81. The average molecular weight is 221 g/mol. The first-order valence-corrected chi connectivity index (χ1v) is 5.70. The van der Waals surface area contributed by atoms with E-state index in [1.165, 1.54) is 12.8 Å². The van der Waals surface area contributed by atoms with Gasteiger partial charge < -0.3 is 19.9 Å². The Labute approximate surface area is 94.2 Å². The van der Waals surface area contributed by atoms with Crippen LogP contribution in [0.4, 0.5) is 0 Å². The molecule has 3 rings (SSSR count). The zero-order valence-corrected chi connectivity index (χ0v) is 9.03. The molecule has 86 valence electrons. The average Bonchev–Trinajstić information content (AvgIpc) is 2.79. The zero-order chi connectivity index (χ0) is 11.0. The number of phenolic OH excluding ortho intramolecular Hbond substituents is 1. The Balaban J connectivity index is 1.92. The zero-order valence-electron chi connectivity index (χ0n) is 9.03. The van der Waals surface area contributed by atoms with Crippen LogP contribution in [-0.4, -0.2) is 18.4 Å². The summed E-state index contributed by atoms with van der Waals surface area (Å²) < 4.78 is 10.5. The lowest BCUT2D eigenvalue weighted by Crippen LogP contribution is -2.26. The van der Waals surface area contributed by atoms with Gasteiger partial charge in [0.2, 0.25) is 12.5 Å². The molecule has 2 aliphatic heterocycles. The molecule has 1 unspecified atom stereocenters. The van der Waals surface area contributed by atoms with Crippen LogP contribution >= 0.6 is 0 Å². The number of fused-ring (bicyclic) bond motifs is 1. The van der Waals surface area contributed by atoms with E-state index in [9.17, 15) is 5.11 Å². The van der Waals surface area contributed by atoms with Gasteiger partial charge in [0.15, 0.2) is 11.5 Å². The Morgan fingerprint density at radius 1 is 1.25 bits per heavy atom. The first-order chi connectivity index (χ1) is 7.84. The van der Waals surface area contributed by atoms with Gasteiger partial charge in [-0.15, -0.1) is 0 Å². The number of piperidine rings is 1. The molecule has 4 heteroatoms. The molecule has 2 heterocycles. The van der Waals surface area contributed by atoms with Gasteiger partial charge in [-0.1, -0.05) is 6.42 Å². The minimum atomic E-state index is 0.178. The fraction of sp³-hybridized carbons (Fsp3) is 0.500. The predicted molar refractivity (Wildman–Crippen MR) is 58.8 cm³/mol. The van der Waals surface area contributed by atoms with Crippen LogP contribution in [0.3, 0.4) is 0 Å². The lowest BCUT2D eigenvalue weighted by atomic mass is 9.97. The summed E-state index contributed by atoms with van der Waals surface area (Å²) >= 11 is 0. The number of phenols is 1. The molecule has 1 aromatic carbocycles. The van der Waals surface area contributed by atoms with Crippen LogP contribution < -0.4 is 14.8 Å². The summed E-state index contributed by atoms with van der Waals surface area (Å²) in [6.07, 6.45) is 3.57. The van der Waals surface area contributed by atoms with Crippen LogP contribution in [-0.2, 0) is 0 Å². The van der Waals surface area contributed by atoms with E-state index in [4.69, 9.17) is 9.47 Å². The summed E-state index contributed by atoms with van der Waals surface area (Å²) in [6, 6.07) is 4.07. The van der Waals surface area contributed by atoms with Crippen molar-refractivity contribution in [1.82, 2.24) is 5.32 Å². The van der Waals surface area contributed by atoms with Crippen molar-refractivity contribution in [2.45, 2.75) is 25.3 Å². The molecule has 0 bridgehead atoms. The second-order valence-electron chi connectivity index (χ2n) is 4.28. The number of nitrogens with one attached hydrogen (secondary N) is 1. The summed E-state index contributed by atoms with van der Waals surface area (Å²) in [5.74, 6) is 1.30. The number of hydrogen-bond acceptors (Lipinski definition) is 4. The molecule has 1 atom stereocenters. The van der Waals surface area contributed by atoms with Crippen molar-refractivity contribution in [2.75, 3.05) is 13.3 Å². The van der Waals surface area contributed by atoms with Gasteiger partial charge in [0.05, 0.1) is 0 Å². The van der Waals surface area contributed by atoms with Crippen LogP contribution in [0.25, 0.3) is 0 Å². The normalized spacial score (nSPS) is 23.4.